The number of para-hydroxylation sites is 1. The first-order chi connectivity index (χ1) is 12.2. The van der Waals surface area contributed by atoms with Gasteiger partial charge in [-0.25, -0.2) is 4.39 Å². The minimum Gasteiger partial charge on any atom is -0.382 e. The van der Waals surface area contributed by atoms with E-state index in [1.54, 1.807) is 0 Å². The molecule has 3 aromatic rings. The van der Waals surface area contributed by atoms with Crippen LogP contribution in [0.4, 0.5) is 10.1 Å². The lowest BCUT2D eigenvalue weighted by Crippen LogP contribution is -3.15. The minimum absolute atomic E-state index is 0.199. The van der Waals surface area contributed by atoms with Gasteiger partial charge in [0, 0.05) is 28.4 Å². The number of nitrogens with one attached hydrogen (secondary N) is 2. The number of H-pyrrole nitrogens is 1. The number of halogens is 1. The molecule has 130 valence electrons. The predicted octanol–water partition coefficient (Wildman–Crippen LogP) is 1.75. The van der Waals surface area contributed by atoms with Crippen LogP contribution in [0, 0.1) is 5.82 Å². The summed E-state index contributed by atoms with van der Waals surface area (Å²) in [6, 6.07) is 14.8. The Balaban J connectivity index is 1.37. The maximum Gasteiger partial charge on any atom is 0.130 e. The molecule has 0 radical (unpaired) electrons. The molecule has 0 amide bonds. The number of quaternary nitrogens is 1. The SMILES string of the molecule is O[C@@H](C[NH+]1CCN(c2ccc(F)cc2)CC1)c1c[nH]c2ccccc12. The van der Waals surface area contributed by atoms with Crippen LogP contribution in [0.1, 0.15) is 11.7 Å². The van der Waals surface area contributed by atoms with Crippen LogP contribution in [0.25, 0.3) is 10.9 Å². The van der Waals surface area contributed by atoms with E-state index in [1.165, 1.54) is 17.0 Å². The van der Waals surface area contributed by atoms with Crippen molar-refractivity contribution in [3.8, 4) is 0 Å². The number of piperazine rings is 1. The van der Waals surface area contributed by atoms with Gasteiger partial charge in [-0.05, 0) is 30.3 Å². The quantitative estimate of drug-likeness (QED) is 0.677. The number of aromatic amines is 1. The number of aliphatic hydroxyl groups excluding tert-OH is 1. The summed E-state index contributed by atoms with van der Waals surface area (Å²) in [6.07, 6.45) is 1.45. The monoisotopic (exact) mass is 340 g/mol. The summed E-state index contributed by atoms with van der Waals surface area (Å²) in [5, 5.41) is 11.8. The van der Waals surface area contributed by atoms with Crippen molar-refractivity contribution in [2.75, 3.05) is 37.6 Å². The van der Waals surface area contributed by atoms with Crippen LogP contribution < -0.4 is 9.80 Å². The molecular formula is C20H23FN3O+. The average Bonchev–Trinajstić information content (AvgIpc) is 3.07. The molecule has 25 heavy (non-hydrogen) atoms. The number of aliphatic hydroxyl groups is 1. The first-order valence-corrected chi connectivity index (χ1v) is 8.79. The number of anilines is 1. The molecule has 2 aromatic carbocycles. The average molecular weight is 340 g/mol. The molecule has 5 heteroatoms. The lowest BCUT2D eigenvalue weighted by Gasteiger charge is -2.34. The summed E-state index contributed by atoms with van der Waals surface area (Å²) in [5.74, 6) is -0.199. The van der Waals surface area contributed by atoms with Gasteiger partial charge in [0.05, 0.1) is 26.2 Å². The zero-order chi connectivity index (χ0) is 17.2. The summed E-state index contributed by atoms with van der Waals surface area (Å²) in [6.45, 7) is 4.48. The van der Waals surface area contributed by atoms with Gasteiger partial charge in [-0.2, -0.15) is 0 Å². The van der Waals surface area contributed by atoms with Gasteiger partial charge in [-0.3, -0.25) is 0 Å². The molecule has 1 aliphatic rings. The Morgan fingerprint density at radius 1 is 1.08 bits per heavy atom. The molecule has 1 saturated heterocycles. The van der Waals surface area contributed by atoms with E-state index >= 15 is 0 Å². The summed E-state index contributed by atoms with van der Waals surface area (Å²) in [5.41, 5.74) is 3.11. The molecule has 4 nitrogen and oxygen atoms in total. The Labute approximate surface area is 146 Å². The molecule has 1 atom stereocenters. The van der Waals surface area contributed by atoms with Crippen molar-refractivity contribution in [2.45, 2.75) is 6.10 Å². The van der Waals surface area contributed by atoms with E-state index in [2.05, 4.69) is 9.88 Å². The summed E-state index contributed by atoms with van der Waals surface area (Å²) < 4.78 is 13.1. The molecule has 0 bridgehead atoms. The highest BCUT2D eigenvalue weighted by Crippen LogP contribution is 2.23. The first-order valence-electron chi connectivity index (χ1n) is 8.79. The van der Waals surface area contributed by atoms with E-state index < -0.39 is 6.10 Å². The lowest BCUT2D eigenvalue weighted by molar-refractivity contribution is -0.904. The van der Waals surface area contributed by atoms with E-state index in [9.17, 15) is 9.50 Å². The van der Waals surface area contributed by atoms with Crippen LogP contribution in [-0.2, 0) is 0 Å². The topological polar surface area (TPSA) is 43.7 Å². The lowest BCUT2D eigenvalue weighted by atomic mass is 10.1. The van der Waals surface area contributed by atoms with E-state index in [4.69, 9.17) is 0 Å². The van der Waals surface area contributed by atoms with Crippen molar-refractivity contribution >= 4 is 16.6 Å². The maximum atomic E-state index is 13.1. The summed E-state index contributed by atoms with van der Waals surface area (Å²) in [4.78, 5) is 6.91. The fraction of sp³-hybridized carbons (Fsp3) is 0.300. The number of hydrogen-bond donors (Lipinski definition) is 3. The molecule has 0 saturated carbocycles. The van der Waals surface area contributed by atoms with Crippen molar-refractivity contribution in [1.82, 2.24) is 4.98 Å². The number of nitrogens with zero attached hydrogens (tertiary/aromatic N) is 1. The summed E-state index contributed by atoms with van der Waals surface area (Å²) >= 11 is 0. The van der Waals surface area contributed by atoms with E-state index in [1.807, 2.05) is 42.6 Å². The molecule has 3 N–H and O–H groups in total. The normalized spacial score (nSPS) is 17.1. The zero-order valence-electron chi connectivity index (χ0n) is 14.1. The number of aromatic nitrogens is 1. The van der Waals surface area contributed by atoms with Crippen LogP contribution in [0.3, 0.4) is 0 Å². The fourth-order valence-electron chi connectivity index (χ4n) is 3.69. The van der Waals surface area contributed by atoms with Gasteiger partial charge in [0.15, 0.2) is 0 Å². The Kier molecular flexibility index (Phi) is 4.42. The maximum absolute atomic E-state index is 13.1. The molecule has 2 heterocycles. The van der Waals surface area contributed by atoms with Gasteiger partial charge < -0.3 is 19.9 Å². The van der Waals surface area contributed by atoms with Crippen molar-refractivity contribution in [2.24, 2.45) is 0 Å². The number of hydrogen-bond acceptors (Lipinski definition) is 2. The Bertz CT molecular complexity index is 838. The highest BCUT2D eigenvalue weighted by Gasteiger charge is 2.24. The molecule has 0 aliphatic carbocycles. The zero-order valence-corrected chi connectivity index (χ0v) is 14.1. The molecule has 1 aliphatic heterocycles. The van der Waals surface area contributed by atoms with Gasteiger partial charge >= 0.3 is 0 Å². The van der Waals surface area contributed by atoms with Gasteiger partial charge in [0.25, 0.3) is 0 Å². The second-order valence-electron chi connectivity index (χ2n) is 6.72. The number of fused-ring (bicyclic) bond motifs is 1. The van der Waals surface area contributed by atoms with Gasteiger partial charge in [0.2, 0.25) is 0 Å². The Morgan fingerprint density at radius 3 is 2.56 bits per heavy atom. The van der Waals surface area contributed by atoms with Crippen molar-refractivity contribution in [1.29, 1.82) is 0 Å². The molecule has 0 spiro atoms. The molecule has 1 aromatic heterocycles. The molecule has 1 fully saturated rings. The molecule has 0 unspecified atom stereocenters. The second kappa shape index (κ2) is 6.86. The van der Waals surface area contributed by atoms with E-state index in [0.29, 0.717) is 6.54 Å². The van der Waals surface area contributed by atoms with Crippen molar-refractivity contribution in [3.05, 3.63) is 66.1 Å². The number of rotatable bonds is 4. The largest absolute Gasteiger partial charge is 0.382 e. The van der Waals surface area contributed by atoms with Gasteiger partial charge in [-0.15, -0.1) is 0 Å². The minimum atomic E-state index is -0.469. The molecule has 4 rings (SSSR count). The van der Waals surface area contributed by atoms with Gasteiger partial charge in [-0.1, -0.05) is 18.2 Å². The van der Waals surface area contributed by atoms with Crippen molar-refractivity contribution in [3.63, 3.8) is 0 Å². The standard InChI is InChI=1S/C20H22FN3O/c21-15-5-7-16(8-6-15)24-11-9-23(10-12-24)14-20(25)18-13-22-19-4-2-1-3-17(18)19/h1-8,13,20,22,25H,9-12,14H2/p+1/t20-/m0/s1. The number of benzene rings is 2. The third kappa shape index (κ3) is 3.38. The van der Waals surface area contributed by atoms with E-state index in [-0.39, 0.29) is 5.82 Å². The fourth-order valence-corrected chi connectivity index (χ4v) is 3.69. The van der Waals surface area contributed by atoms with Crippen LogP contribution in [0.15, 0.2) is 54.7 Å². The second-order valence-corrected chi connectivity index (χ2v) is 6.72. The predicted molar refractivity (Wildman–Crippen MR) is 97.4 cm³/mol. The van der Waals surface area contributed by atoms with Gasteiger partial charge in [0.1, 0.15) is 18.5 Å². The highest BCUT2D eigenvalue weighted by atomic mass is 19.1. The molecular weight excluding hydrogens is 317 g/mol. The van der Waals surface area contributed by atoms with Crippen LogP contribution in [-0.4, -0.2) is 42.8 Å². The van der Waals surface area contributed by atoms with Crippen molar-refractivity contribution < 1.29 is 14.4 Å². The first kappa shape index (κ1) is 16.1. The summed E-state index contributed by atoms with van der Waals surface area (Å²) in [7, 11) is 0. The highest BCUT2D eigenvalue weighted by molar-refractivity contribution is 5.83. The van der Waals surface area contributed by atoms with Crippen LogP contribution >= 0.6 is 0 Å². The van der Waals surface area contributed by atoms with Crippen LogP contribution in [0.2, 0.25) is 0 Å². The smallest absolute Gasteiger partial charge is 0.130 e. The third-order valence-electron chi connectivity index (χ3n) is 5.12. The third-order valence-corrected chi connectivity index (χ3v) is 5.12. The Morgan fingerprint density at radius 2 is 1.80 bits per heavy atom. The Hall–Kier alpha value is -2.37. The van der Waals surface area contributed by atoms with Crippen LogP contribution in [0.5, 0.6) is 0 Å². The van der Waals surface area contributed by atoms with E-state index in [0.717, 1.165) is 48.3 Å².